The Bertz CT molecular complexity index is 2580. The van der Waals surface area contributed by atoms with E-state index >= 15 is 0 Å². The fraction of sp³-hybridized carbons (Fsp3) is 0.235. The second-order valence-corrected chi connectivity index (χ2v) is 17.2. The quantitative estimate of drug-likeness (QED) is 0.186. The molecule has 1 aliphatic rings. The topological polar surface area (TPSA) is 122 Å². The van der Waals surface area contributed by atoms with Crippen LogP contribution in [0.1, 0.15) is 38.8 Å². The molecule has 10 nitrogen and oxygen atoms in total. The molecule has 54 heavy (non-hydrogen) atoms. The SMILES string of the molecule is Cc1ccc(S(=O)(=O)n2cc(B3OC(C)(C)C(C)(C)O3)c3cc(F)cnc32)cc1.Cc1ccc(S(=O)(=O)n2cc([B-](F)(F)F)c3cc(F)cnc32)cc1.[K+]. The number of hydrogen-bond donors (Lipinski definition) is 0. The molecule has 1 aliphatic heterocycles. The molecule has 0 bridgehead atoms. The van der Waals surface area contributed by atoms with E-state index < -0.39 is 73.5 Å². The fourth-order valence-corrected chi connectivity index (χ4v) is 8.25. The number of nitrogens with zero attached hydrogens (tertiary/aromatic N) is 4. The standard InChI is InChI=1S/C20H22BFN2O4S.C14H10BF4N2O2S.K/c1-13-6-8-15(9-7-13)29(25,26)24-12-17(16-10-14(22)11-23-18(16)24)21-27-19(2,3)20(4,5)28-21;1-9-2-4-11(5-3-9)24(22,23)21-8-13(15(17,18)19)12-6-10(16)7-20-14(12)21;/h6-12H,1-5H3;2-8H,1H3;/q;-1;+1. The van der Waals surface area contributed by atoms with Crippen molar-refractivity contribution in [3.05, 3.63) is 108 Å². The van der Waals surface area contributed by atoms with Crippen LogP contribution in [0, 0.1) is 25.5 Å². The largest absolute Gasteiger partial charge is 1.00 e. The van der Waals surface area contributed by atoms with Gasteiger partial charge in [-0.25, -0.2) is 43.5 Å². The number of benzene rings is 2. The van der Waals surface area contributed by atoms with Gasteiger partial charge in [-0.15, -0.1) is 0 Å². The van der Waals surface area contributed by atoms with Crippen molar-refractivity contribution in [2.24, 2.45) is 0 Å². The summed E-state index contributed by atoms with van der Waals surface area (Å²) in [6, 6.07) is 14.0. The molecule has 7 rings (SSSR count). The van der Waals surface area contributed by atoms with Gasteiger partial charge < -0.3 is 22.3 Å². The molecule has 0 atom stereocenters. The van der Waals surface area contributed by atoms with E-state index in [2.05, 4.69) is 9.97 Å². The molecule has 2 aromatic carbocycles. The van der Waals surface area contributed by atoms with Crippen molar-refractivity contribution in [1.29, 1.82) is 0 Å². The third kappa shape index (κ3) is 7.86. The summed E-state index contributed by atoms with van der Waals surface area (Å²) in [4.78, 5) is 7.53. The molecule has 20 heteroatoms. The Morgan fingerprint density at radius 3 is 1.48 bits per heavy atom. The molecule has 0 radical (unpaired) electrons. The summed E-state index contributed by atoms with van der Waals surface area (Å²) >= 11 is 0. The van der Waals surface area contributed by atoms with Gasteiger partial charge in [0.1, 0.15) is 11.6 Å². The monoisotopic (exact) mass is 812 g/mol. The molecule has 0 spiro atoms. The van der Waals surface area contributed by atoms with Crippen molar-refractivity contribution in [2.45, 2.75) is 62.5 Å². The molecule has 1 fully saturated rings. The smallest absolute Gasteiger partial charge is 0.445 e. The Kier molecular flexibility index (Phi) is 11.6. The Morgan fingerprint density at radius 1 is 0.667 bits per heavy atom. The molecule has 0 N–H and O–H groups in total. The molecule has 6 aromatic rings. The number of pyridine rings is 2. The number of halogens is 5. The fourth-order valence-electron chi connectivity index (χ4n) is 5.59. The number of rotatable bonds is 6. The van der Waals surface area contributed by atoms with Crippen LogP contribution in [-0.4, -0.2) is 60.0 Å². The molecular weight excluding hydrogens is 780 g/mol. The average Bonchev–Trinajstić information content (AvgIpc) is 3.70. The Labute approximate surface area is 351 Å². The number of fused-ring (bicyclic) bond motifs is 2. The van der Waals surface area contributed by atoms with Crippen LogP contribution >= 0.6 is 0 Å². The maximum Gasteiger partial charge on any atom is 1.00 e. The van der Waals surface area contributed by atoms with Gasteiger partial charge in [0.05, 0.1) is 33.4 Å². The van der Waals surface area contributed by atoms with Crippen LogP contribution in [0.4, 0.5) is 21.7 Å². The van der Waals surface area contributed by atoms with Crippen molar-refractivity contribution >= 4 is 67.1 Å². The van der Waals surface area contributed by atoms with E-state index in [-0.39, 0.29) is 66.8 Å². The summed E-state index contributed by atoms with van der Waals surface area (Å²) in [5, 5.41) is -0.252. The molecule has 0 saturated carbocycles. The van der Waals surface area contributed by atoms with Crippen molar-refractivity contribution in [1.82, 2.24) is 17.9 Å². The van der Waals surface area contributed by atoms with Crippen molar-refractivity contribution < 1.29 is 99.3 Å². The van der Waals surface area contributed by atoms with Crippen LogP contribution in [0.5, 0.6) is 0 Å². The Morgan fingerprint density at radius 2 is 1.06 bits per heavy atom. The number of aryl methyl sites for hydroxylation is 2. The minimum atomic E-state index is -5.54. The van der Waals surface area contributed by atoms with Crippen LogP contribution in [0.2, 0.25) is 0 Å². The first-order valence-electron chi connectivity index (χ1n) is 16.1. The van der Waals surface area contributed by atoms with Gasteiger partial charge in [0.15, 0.2) is 11.3 Å². The molecule has 5 heterocycles. The van der Waals surface area contributed by atoms with E-state index in [9.17, 15) is 38.6 Å². The summed E-state index contributed by atoms with van der Waals surface area (Å²) in [6.07, 6.45) is 3.54. The summed E-state index contributed by atoms with van der Waals surface area (Å²) < 4.78 is 132. The predicted molar refractivity (Wildman–Crippen MR) is 191 cm³/mol. The molecule has 4 aromatic heterocycles. The maximum absolute atomic E-state index is 14.0. The zero-order valence-corrected chi connectivity index (χ0v) is 34.9. The van der Waals surface area contributed by atoms with Crippen LogP contribution in [0.3, 0.4) is 0 Å². The normalized spacial score (nSPS) is 15.6. The minimum Gasteiger partial charge on any atom is -0.445 e. The van der Waals surface area contributed by atoms with Gasteiger partial charge in [0.2, 0.25) is 0 Å². The summed E-state index contributed by atoms with van der Waals surface area (Å²) in [5.74, 6) is -1.55. The van der Waals surface area contributed by atoms with Crippen LogP contribution in [0.15, 0.2) is 95.2 Å². The van der Waals surface area contributed by atoms with E-state index in [0.717, 1.165) is 21.3 Å². The second kappa shape index (κ2) is 14.9. The summed E-state index contributed by atoms with van der Waals surface area (Å²) in [5.41, 5.74) is -0.632. The zero-order chi connectivity index (χ0) is 38.9. The van der Waals surface area contributed by atoms with Crippen molar-refractivity contribution in [3.8, 4) is 0 Å². The first-order chi connectivity index (χ1) is 24.5. The third-order valence-corrected chi connectivity index (χ3v) is 12.6. The van der Waals surface area contributed by atoms with Crippen LogP contribution < -0.4 is 62.3 Å². The van der Waals surface area contributed by atoms with E-state index in [4.69, 9.17) is 9.31 Å². The van der Waals surface area contributed by atoms with E-state index in [1.807, 2.05) is 34.6 Å². The Hall–Kier alpha value is -2.94. The number of aromatic nitrogens is 4. The van der Waals surface area contributed by atoms with Gasteiger partial charge in [0.25, 0.3) is 20.0 Å². The van der Waals surface area contributed by atoms with Gasteiger partial charge >= 0.3 is 65.5 Å². The molecule has 0 aliphatic carbocycles. The Balaban J connectivity index is 0.000000208. The van der Waals surface area contributed by atoms with Crippen LogP contribution in [0.25, 0.3) is 22.1 Å². The minimum absolute atomic E-state index is 0. The number of hydrogen-bond acceptors (Lipinski definition) is 8. The summed E-state index contributed by atoms with van der Waals surface area (Å²) in [6.45, 7) is 5.67. The molecule has 278 valence electrons. The van der Waals surface area contributed by atoms with Crippen LogP contribution in [-0.2, 0) is 29.4 Å². The van der Waals surface area contributed by atoms with Crippen molar-refractivity contribution in [2.75, 3.05) is 0 Å². The molecule has 0 unspecified atom stereocenters. The average molecular weight is 812 g/mol. The zero-order valence-electron chi connectivity index (χ0n) is 30.2. The van der Waals surface area contributed by atoms with Gasteiger partial charge in [0, 0.05) is 17.0 Å². The first-order valence-corrected chi connectivity index (χ1v) is 18.9. The third-order valence-electron chi connectivity index (χ3n) is 9.23. The van der Waals surface area contributed by atoms with E-state index in [0.29, 0.717) is 33.3 Å². The molecule has 0 amide bonds. The second-order valence-electron chi connectivity index (χ2n) is 13.6. The predicted octanol–water partition coefficient (Wildman–Crippen LogP) is 2.80. The van der Waals surface area contributed by atoms with E-state index in [1.54, 1.807) is 19.1 Å². The maximum atomic E-state index is 14.0. The first kappa shape index (κ1) is 42.2. The van der Waals surface area contributed by atoms with Gasteiger partial charge in [-0.05, 0) is 89.5 Å². The van der Waals surface area contributed by atoms with Gasteiger partial charge in [-0.3, -0.25) is 0 Å². The summed E-state index contributed by atoms with van der Waals surface area (Å²) in [7, 11) is -9.08. The van der Waals surface area contributed by atoms with Gasteiger partial charge in [-0.1, -0.05) is 40.9 Å². The molecular formula is C34H32B2F5KN4O6S2. The molecule has 1 saturated heterocycles. The van der Waals surface area contributed by atoms with E-state index in [1.165, 1.54) is 48.7 Å². The van der Waals surface area contributed by atoms with Crippen molar-refractivity contribution in [3.63, 3.8) is 0 Å². The van der Waals surface area contributed by atoms with Gasteiger partial charge in [-0.2, -0.15) is 0 Å².